The van der Waals surface area contributed by atoms with Gasteiger partial charge >= 0.3 is 0 Å². The van der Waals surface area contributed by atoms with Crippen LogP contribution in [-0.2, 0) is 4.79 Å². The van der Waals surface area contributed by atoms with E-state index in [9.17, 15) is 4.79 Å². The van der Waals surface area contributed by atoms with Crippen molar-refractivity contribution in [2.24, 2.45) is 5.92 Å². The summed E-state index contributed by atoms with van der Waals surface area (Å²) >= 11 is 0. The summed E-state index contributed by atoms with van der Waals surface area (Å²) in [6, 6.07) is 8.46. The van der Waals surface area contributed by atoms with E-state index in [2.05, 4.69) is 41.4 Å². The van der Waals surface area contributed by atoms with Crippen LogP contribution in [0.25, 0.3) is 0 Å². The standard InChI is InChI=1S/C18H24N2O/c1-13-5-2-3-8-15(13)16-19-18(10-11-18)17(21)20(16)12-9-14-6-4-7-14/h2-3,5,8,14,16,19H,4,6-7,9-12H2,1H3. The van der Waals surface area contributed by atoms with Gasteiger partial charge in [0, 0.05) is 6.54 Å². The summed E-state index contributed by atoms with van der Waals surface area (Å²) in [6.07, 6.45) is 7.36. The Kier molecular flexibility index (Phi) is 3.07. The van der Waals surface area contributed by atoms with Gasteiger partial charge in [-0.15, -0.1) is 0 Å². The van der Waals surface area contributed by atoms with E-state index in [4.69, 9.17) is 0 Å². The van der Waals surface area contributed by atoms with Crippen molar-refractivity contribution in [3.63, 3.8) is 0 Å². The maximum atomic E-state index is 12.8. The van der Waals surface area contributed by atoms with Crippen molar-refractivity contribution in [2.45, 2.75) is 57.2 Å². The van der Waals surface area contributed by atoms with E-state index in [-0.39, 0.29) is 11.7 Å². The fourth-order valence-corrected chi connectivity index (χ4v) is 3.75. The molecule has 0 radical (unpaired) electrons. The molecule has 2 saturated carbocycles. The first kappa shape index (κ1) is 13.3. The highest BCUT2D eigenvalue weighted by atomic mass is 16.2. The molecule has 2 aliphatic carbocycles. The summed E-state index contributed by atoms with van der Waals surface area (Å²) in [7, 11) is 0. The van der Waals surface area contributed by atoms with Gasteiger partial charge in [0.05, 0.1) is 0 Å². The molecule has 21 heavy (non-hydrogen) atoms. The number of hydrogen-bond acceptors (Lipinski definition) is 2. The first-order valence-corrected chi connectivity index (χ1v) is 8.34. The number of nitrogens with one attached hydrogen (secondary N) is 1. The molecule has 1 unspecified atom stereocenters. The van der Waals surface area contributed by atoms with Gasteiger partial charge in [-0.2, -0.15) is 0 Å². The zero-order chi connectivity index (χ0) is 14.4. The Bertz CT molecular complexity index is 560. The van der Waals surface area contributed by atoms with Gasteiger partial charge in [-0.25, -0.2) is 0 Å². The van der Waals surface area contributed by atoms with Crippen molar-refractivity contribution in [3.8, 4) is 0 Å². The van der Waals surface area contributed by atoms with E-state index in [0.29, 0.717) is 5.91 Å². The molecule has 1 aliphatic heterocycles. The lowest BCUT2D eigenvalue weighted by Gasteiger charge is -2.30. The predicted octanol–water partition coefficient (Wildman–Crippen LogP) is 3.15. The fourth-order valence-electron chi connectivity index (χ4n) is 3.75. The van der Waals surface area contributed by atoms with E-state index in [0.717, 1.165) is 25.3 Å². The number of nitrogens with zero attached hydrogens (tertiary/aromatic N) is 1. The first-order valence-electron chi connectivity index (χ1n) is 8.34. The van der Waals surface area contributed by atoms with Crippen LogP contribution in [-0.4, -0.2) is 22.9 Å². The van der Waals surface area contributed by atoms with Crippen molar-refractivity contribution < 1.29 is 4.79 Å². The van der Waals surface area contributed by atoms with Crippen LogP contribution < -0.4 is 5.32 Å². The number of rotatable bonds is 4. The molecule has 1 N–H and O–H groups in total. The molecule has 3 fully saturated rings. The maximum absolute atomic E-state index is 12.8. The van der Waals surface area contributed by atoms with Gasteiger partial charge in [-0.05, 0) is 43.2 Å². The SMILES string of the molecule is Cc1ccccc1C1NC2(CC2)C(=O)N1CCC1CCC1. The Morgan fingerprint density at radius 3 is 2.67 bits per heavy atom. The summed E-state index contributed by atoms with van der Waals surface area (Å²) in [4.78, 5) is 14.9. The Morgan fingerprint density at radius 1 is 1.29 bits per heavy atom. The van der Waals surface area contributed by atoms with Crippen molar-refractivity contribution in [3.05, 3.63) is 35.4 Å². The van der Waals surface area contributed by atoms with Crippen LogP contribution in [0.4, 0.5) is 0 Å². The molecule has 1 aromatic carbocycles. The monoisotopic (exact) mass is 284 g/mol. The Hall–Kier alpha value is -1.35. The molecule has 1 heterocycles. The molecule has 3 aliphatic rings. The second kappa shape index (κ2) is 4.84. The van der Waals surface area contributed by atoms with Crippen LogP contribution in [0, 0.1) is 12.8 Å². The lowest BCUT2D eigenvalue weighted by atomic mass is 9.83. The highest BCUT2D eigenvalue weighted by molar-refractivity contribution is 5.92. The second-order valence-electron chi connectivity index (χ2n) is 7.07. The van der Waals surface area contributed by atoms with E-state index >= 15 is 0 Å². The zero-order valence-electron chi connectivity index (χ0n) is 12.8. The van der Waals surface area contributed by atoms with Crippen LogP contribution in [0.15, 0.2) is 24.3 Å². The number of amides is 1. The molecular formula is C18H24N2O. The molecule has 0 aromatic heterocycles. The van der Waals surface area contributed by atoms with E-state index in [1.807, 2.05) is 0 Å². The highest BCUT2D eigenvalue weighted by Crippen LogP contribution is 2.46. The van der Waals surface area contributed by atoms with Crippen molar-refractivity contribution in [1.82, 2.24) is 10.2 Å². The molecule has 112 valence electrons. The van der Waals surface area contributed by atoms with Gasteiger partial charge in [0.2, 0.25) is 5.91 Å². The second-order valence-corrected chi connectivity index (χ2v) is 7.07. The normalized spacial score (nSPS) is 27.2. The zero-order valence-corrected chi connectivity index (χ0v) is 12.8. The van der Waals surface area contributed by atoms with Gasteiger partial charge in [0.25, 0.3) is 0 Å². The van der Waals surface area contributed by atoms with Crippen molar-refractivity contribution >= 4 is 5.91 Å². The summed E-state index contributed by atoms with van der Waals surface area (Å²) < 4.78 is 0. The highest BCUT2D eigenvalue weighted by Gasteiger charge is 2.59. The molecule has 3 nitrogen and oxygen atoms in total. The van der Waals surface area contributed by atoms with Crippen molar-refractivity contribution in [1.29, 1.82) is 0 Å². The summed E-state index contributed by atoms with van der Waals surface area (Å²) in [6.45, 7) is 3.06. The van der Waals surface area contributed by atoms with Gasteiger partial charge in [-0.3, -0.25) is 10.1 Å². The fraction of sp³-hybridized carbons (Fsp3) is 0.611. The van der Waals surface area contributed by atoms with E-state index in [1.165, 1.54) is 36.8 Å². The molecule has 1 atom stereocenters. The molecule has 4 rings (SSSR count). The first-order chi connectivity index (χ1) is 10.2. The predicted molar refractivity (Wildman–Crippen MR) is 82.7 cm³/mol. The van der Waals surface area contributed by atoms with Gasteiger partial charge in [0.15, 0.2) is 0 Å². The third-order valence-electron chi connectivity index (χ3n) is 5.63. The average molecular weight is 284 g/mol. The minimum absolute atomic E-state index is 0.0845. The molecule has 1 spiro atoms. The minimum atomic E-state index is -0.216. The number of carbonyl (C=O) groups excluding carboxylic acids is 1. The molecule has 0 bridgehead atoms. The third kappa shape index (κ3) is 2.18. The quantitative estimate of drug-likeness (QED) is 0.921. The third-order valence-corrected chi connectivity index (χ3v) is 5.63. The Labute approximate surface area is 126 Å². The average Bonchev–Trinajstić information content (AvgIpc) is 3.15. The molecule has 1 amide bonds. The van der Waals surface area contributed by atoms with Crippen LogP contribution in [0.2, 0.25) is 0 Å². The Balaban J connectivity index is 1.57. The van der Waals surface area contributed by atoms with Crippen LogP contribution >= 0.6 is 0 Å². The lowest BCUT2D eigenvalue weighted by Crippen LogP contribution is -2.34. The molecular weight excluding hydrogens is 260 g/mol. The topological polar surface area (TPSA) is 32.3 Å². The van der Waals surface area contributed by atoms with Gasteiger partial charge < -0.3 is 4.90 Å². The van der Waals surface area contributed by atoms with Crippen LogP contribution in [0.3, 0.4) is 0 Å². The number of hydrogen-bond donors (Lipinski definition) is 1. The summed E-state index contributed by atoms with van der Waals surface area (Å²) in [5.74, 6) is 1.20. The molecule has 3 heteroatoms. The van der Waals surface area contributed by atoms with Gasteiger partial charge in [0.1, 0.15) is 11.7 Å². The van der Waals surface area contributed by atoms with Crippen molar-refractivity contribution in [2.75, 3.05) is 6.54 Å². The van der Waals surface area contributed by atoms with E-state index < -0.39 is 0 Å². The number of benzene rings is 1. The summed E-state index contributed by atoms with van der Waals surface area (Å²) in [5.41, 5.74) is 2.32. The smallest absolute Gasteiger partial charge is 0.244 e. The van der Waals surface area contributed by atoms with Crippen LogP contribution in [0.5, 0.6) is 0 Å². The van der Waals surface area contributed by atoms with Gasteiger partial charge in [-0.1, -0.05) is 43.5 Å². The number of aryl methyl sites for hydroxylation is 1. The maximum Gasteiger partial charge on any atom is 0.244 e. The lowest BCUT2D eigenvalue weighted by molar-refractivity contribution is -0.131. The largest absolute Gasteiger partial charge is 0.321 e. The molecule has 1 aromatic rings. The van der Waals surface area contributed by atoms with E-state index in [1.54, 1.807) is 0 Å². The van der Waals surface area contributed by atoms with Crippen LogP contribution in [0.1, 0.15) is 55.8 Å². The summed E-state index contributed by atoms with van der Waals surface area (Å²) in [5, 5.41) is 3.63. The Morgan fingerprint density at radius 2 is 2.05 bits per heavy atom. The molecule has 1 saturated heterocycles. The minimum Gasteiger partial charge on any atom is -0.321 e. The number of carbonyl (C=O) groups is 1.